The number of piperidine rings is 4. The van der Waals surface area contributed by atoms with E-state index in [4.69, 9.17) is 0 Å². The SMILES string of the molecule is O=C1CCC(c2ccnc(N3CCC(CN4CCC(CC5CCNCC5)CC4)CC3)c2)C(=O)N1. The number of rotatable bonds is 6. The maximum absolute atomic E-state index is 12.3. The van der Waals surface area contributed by atoms with Crippen molar-refractivity contribution in [2.75, 3.05) is 50.7 Å². The summed E-state index contributed by atoms with van der Waals surface area (Å²) >= 11 is 0. The van der Waals surface area contributed by atoms with Gasteiger partial charge in [0, 0.05) is 32.3 Å². The molecule has 0 radical (unpaired) electrons. The molecule has 7 heteroatoms. The molecule has 34 heavy (non-hydrogen) atoms. The van der Waals surface area contributed by atoms with E-state index in [1.54, 1.807) is 0 Å². The van der Waals surface area contributed by atoms with Gasteiger partial charge in [0.15, 0.2) is 0 Å². The second kappa shape index (κ2) is 11.2. The van der Waals surface area contributed by atoms with Crippen molar-refractivity contribution < 1.29 is 9.59 Å². The first kappa shape index (κ1) is 23.7. The lowest BCUT2D eigenvalue weighted by molar-refractivity contribution is -0.134. The van der Waals surface area contributed by atoms with E-state index < -0.39 is 0 Å². The molecule has 1 aromatic heterocycles. The lowest BCUT2D eigenvalue weighted by atomic mass is 9.83. The van der Waals surface area contributed by atoms with Gasteiger partial charge in [-0.15, -0.1) is 0 Å². The Morgan fingerprint density at radius 1 is 0.882 bits per heavy atom. The number of pyridine rings is 1. The van der Waals surface area contributed by atoms with Crippen LogP contribution in [0.3, 0.4) is 0 Å². The zero-order chi connectivity index (χ0) is 23.3. The summed E-state index contributed by atoms with van der Waals surface area (Å²) in [5.74, 6) is 3.08. The zero-order valence-electron chi connectivity index (χ0n) is 20.5. The Balaban J connectivity index is 1.06. The molecule has 1 atom stereocenters. The highest BCUT2D eigenvalue weighted by molar-refractivity contribution is 6.00. The van der Waals surface area contributed by atoms with Gasteiger partial charge in [-0.3, -0.25) is 14.9 Å². The highest BCUT2D eigenvalue weighted by atomic mass is 16.2. The largest absolute Gasteiger partial charge is 0.357 e. The Morgan fingerprint density at radius 2 is 1.59 bits per heavy atom. The van der Waals surface area contributed by atoms with Crippen LogP contribution in [-0.2, 0) is 9.59 Å². The van der Waals surface area contributed by atoms with E-state index in [1.807, 2.05) is 12.3 Å². The lowest BCUT2D eigenvalue weighted by Gasteiger charge is -2.39. The van der Waals surface area contributed by atoms with Crippen molar-refractivity contribution in [1.82, 2.24) is 20.5 Å². The molecule has 2 amide bonds. The zero-order valence-corrected chi connectivity index (χ0v) is 20.5. The van der Waals surface area contributed by atoms with Gasteiger partial charge in [-0.1, -0.05) is 0 Å². The summed E-state index contributed by atoms with van der Waals surface area (Å²) in [4.78, 5) is 33.5. The maximum Gasteiger partial charge on any atom is 0.234 e. The van der Waals surface area contributed by atoms with Crippen LogP contribution in [0.1, 0.15) is 69.3 Å². The number of anilines is 1. The number of carbonyl (C=O) groups is 2. The first-order valence-electron chi connectivity index (χ1n) is 13.6. The van der Waals surface area contributed by atoms with E-state index in [2.05, 4.69) is 31.5 Å². The normalized spacial score (nSPS) is 26.6. The lowest BCUT2D eigenvalue weighted by Crippen LogP contribution is -2.42. The van der Waals surface area contributed by atoms with E-state index in [0.717, 1.165) is 42.2 Å². The summed E-state index contributed by atoms with van der Waals surface area (Å²) in [6, 6.07) is 3.98. The fourth-order valence-electron chi connectivity index (χ4n) is 6.54. The van der Waals surface area contributed by atoms with Crippen molar-refractivity contribution in [3.05, 3.63) is 23.9 Å². The Bertz CT molecular complexity index is 839. The van der Waals surface area contributed by atoms with Gasteiger partial charge in [0.05, 0.1) is 5.92 Å². The van der Waals surface area contributed by atoms with Crippen molar-refractivity contribution >= 4 is 17.6 Å². The fraction of sp³-hybridized carbons (Fsp3) is 0.741. The first-order chi connectivity index (χ1) is 16.6. The van der Waals surface area contributed by atoms with Crippen LogP contribution >= 0.6 is 0 Å². The Kier molecular flexibility index (Phi) is 7.80. The van der Waals surface area contributed by atoms with Gasteiger partial charge in [-0.25, -0.2) is 4.98 Å². The molecule has 7 nitrogen and oxygen atoms in total. The van der Waals surface area contributed by atoms with E-state index >= 15 is 0 Å². The van der Waals surface area contributed by atoms with Crippen LogP contribution in [0.25, 0.3) is 0 Å². The van der Waals surface area contributed by atoms with Crippen LogP contribution in [0.5, 0.6) is 0 Å². The molecule has 2 N–H and O–H groups in total. The van der Waals surface area contributed by atoms with Crippen molar-refractivity contribution in [2.24, 2.45) is 17.8 Å². The number of aromatic nitrogens is 1. The molecule has 1 aromatic rings. The third kappa shape index (κ3) is 5.98. The predicted molar refractivity (Wildman–Crippen MR) is 134 cm³/mol. The number of likely N-dealkylation sites (tertiary alicyclic amines) is 1. The Hall–Kier alpha value is -1.99. The second-order valence-electron chi connectivity index (χ2n) is 11.1. The van der Waals surface area contributed by atoms with Crippen molar-refractivity contribution in [3.8, 4) is 0 Å². The number of carbonyl (C=O) groups excluding carboxylic acids is 2. The monoisotopic (exact) mass is 467 g/mol. The summed E-state index contributed by atoms with van der Waals surface area (Å²) in [7, 11) is 0. The number of amides is 2. The van der Waals surface area contributed by atoms with Crippen LogP contribution in [0, 0.1) is 17.8 Å². The van der Waals surface area contributed by atoms with E-state index in [9.17, 15) is 9.59 Å². The minimum atomic E-state index is -0.241. The van der Waals surface area contributed by atoms with Gasteiger partial charge < -0.3 is 15.1 Å². The minimum absolute atomic E-state index is 0.163. The molecular formula is C27H41N5O2. The fourth-order valence-corrected chi connectivity index (χ4v) is 6.54. The van der Waals surface area contributed by atoms with E-state index in [-0.39, 0.29) is 17.7 Å². The molecule has 1 unspecified atom stereocenters. The summed E-state index contributed by atoms with van der Waals surface area (Å²) < 4.78 is 0. The molecule has 4 saturated heterocycles. The molecule has 0 aliphatic carbocycles. The van der Waals surface area contributed by atoms with Crippen LogP contribution in [-0.4, -0.2) is 67.5 Å². The molecule has 4 aliphatic rings. The topological polar surface area (TPSA) is 77.6 Å². The summed E-state index contributed by atoms with van der Waals surface area (Å²) in [5, 5.41) is 5.97. The molecule has 0 aromatic carbocycles. The standard InChI is InChI=1S/C27H41N5O2/c33-26-2-1-24(27(34)30-26)23-5-12-29-25(18-23)32-15-8-22(9-16-32)19-31-13-6-21(7-14-31)17-20-3-10-28-11-4-20/h5,12,18,20-22,24,28H,1-4,6-11,13-17,19H2,(H,30,33,34). The third-order valence-corrected chi connectivity index (χ3v) is 8.70. The number of nitrogens with zero attached hydrogens (tertiary/aromatic N) is 3. The smallest absolute Gasteiger partial charge is 0.234 e. The van der Waals surface area contributed by atoms with Crippen LogP contribution < -0.4 is 15.5 Å². The highest BCUT2D eigenvalue weighted by Gasteiger charge is 2.30. The Labute approximate surface area is 204 Å². The Morgan fingerprint density at radius 3 is 2.32 bits per heavy atom. The van der Waals surface area contributed by atoms with Crippen LogP contribution in [0.2, 0.25) is 0 Å². The molecular weight excluding hydrogens is 426 g/mol. The average Bonchev–Trinajstić information content (AvgIpc) is 2.86. The summed E-state index contributed by atoms with van der Waals surface area (Å²) in [6.07, 6.45) is 12.2. The average molecular weight is 468 g/mol. The number of nitrogens with one attached hydrogen (secondary N) is 2. The molecule has 5 heterocycles. The molecule has 4 aliphatic heterocycles. The van der Waals surface area contributed by atoms with Gasteiger partial charge in [0.2, 0.25) is 11.8 Å². The van der Waals surface area contributed by atoms with Gasteiger partial charge in [0.1, 0.15) is 5.82 Å². The first-order valence-corrected chi connectivity index (χ1v) is 13.6. The third-order valence-electron chi connectivity index (χ3n) is 8.70. The summed E-state index contributed by atoms with van der Waals surface area (Å²) in [5.41, 5.74) is 0.976. The number of hydrogen-bond donors (Lipinski definition) is 2. The van der Waals surface area contributed by atoms with Crippen molar-refractivity contribution in [2.45, 2.75) is 63.7 Å². The molecule has 4 fully saturated rings. The highest BCUT2D eigenvalue weighted by Crippen LogP contribution is 2.31. The van der Waals surface area contributed by atoms with E-state index in [0.29, 0.717) is 12.8 Å². The van der Waals surface area contributed by atoms with Gasteiger partial charge in [-0.05, 0) is 113 Å². The minimum Gasteiger partial charge on any atom is -0.357 e. The molecule has 0 saturated carbocycles. The molecule has 0 spiro atoms. The number of imide groups is 1. The van der Waals surface area contributed by atoms with Crippen LogP contribution in [0.15, 0.2) is 18.3 Å². The van der Waals surface area contributed by atoms with Gasteiger partial charge >= 0.3 is 0 Å². The molecule has 0 bridgehead atoms. The molecule has 186 valence electrons. The second-order valence-corrected chi connectivity index (χ2v) is 11.1. The number of hydrogen-bond acceptors (Lipinski definition) is 6. The van der Waals surface area contributed by atoms with E-state index in [1.165, 1.54) is 77.7 Å². The van der Waals surface area contributed by atoms with Gasteiger partial charge in [-0.2, -0.15) is 0 Å². The molecule has 5 rings (SSSR count). The van der Waals surface area contributed by atoms with Crippen molar-refractivity contribution in [3.63, 3.8) is 0 Å². The van der Waals surface area contributed by atoms with Gasteiger partial charge in [0.25, 0.3) is 0 Å². The predicted octanol–water partition coefficient (Wildman–Crippen LogP) is 2.92. The van der Waals surface area contributed by atoms with Crippen molar-refractivity contribution in [1.29, 1.82) is 0 Å². The summed E-state index contributed by atoms with van der Waals surface area (Å²) in [6.45, 7) is 8.32. The van der Waals surface area contributed by atoms with Crippen LogP contribution in [0.4, 0.5) is 5.82 Å². The maximum atomic E-state index is 12.3. The quantitative estimate of drug-likeness (QED) is 0.627.